The van der Waals surface area contributed by atoms with E-state index in [0.717, 1.165) is 28.1 Å². The molecule has 0 amide bonds. The molecule has 154 valence electrons. The van der Waals surface area contributed by atoms with Crippen molar-refractivity contribution in [3.05, 3.63) is 115 Å². The maximum Gasteiger partial charge on any atom is 0.333 e. The first-order chi connectivity index (χ1) is 15.1. The molecule has 4 rings (SSSR count). The number of carbonyl (C=O) groups is 1. The van der Waals surface area contributed by atoms with Crippen molar-refractivity contribution in [2.45, 2.75) is 20.1 Å². The lowest BCUT2D eigenvalue weighted by Crippen LogP contribution is -2.11. The van der Waals surface area contributed by atoms with E-state index in [2.05, 4.69) is 35.4 Å². The van der Waals surface area contributed by atoms with Crippen LogP contribution >= 0.6 is 0 Å². The van der Waals surface area contributed by atoms with Crippen LogP contribution in [0.1, 0.15) is 18.3 Å². The van der Waals surface area contributed by atoms with E-state index in [1.807, 2.05) is 66.7 Å². The van der Waals surface area contributed by atoms with Crippen LogP contribution in [0.4, 0.5) is 0 Å². The maximum absolute atomic E-state index is 12.1. The molecule has 0 unspecified atom stereocenters. The second-order valence-corrected chi connectivity index (χ2v) is 7.39. The van der Waals surface area contributed by atoms with Crippen LogP contribution in [-0.4, -0.2) is 15.5 Å². The molecule has 0 spiro atoms. The van der Waals surface area contributed by atoms with Crippen molar-refractivity contribution < 1.29 is 9.53 Å². The molecule has 1 heterocycles. The van der Waals surface area contributed by atoms with E-state index in [9.17, 15) is 4.79 Å². The Kier molecular flexibility index (Phi) is 6.08. The summed E-state index contributed by atoms with van der Waals surface area (Å²) in [4.78, 5) is 17.0. The number of hydrogen-bond acceptors (Lipinski definition) is 3. The average molecular weight is 409 g/mol. The summed E-state index contributed by atoms with van der Waals surface area (Å²) in [5.41, 5.74) is 5.45. The normalized spacial score (nSPS) is 10.6. The van der Waals surface area contributed by atoms with Gasteiger partial charge in [-0.15, -0.1) is 0 Å². The number of ether oxygens (including phenoxy) is 1. The van der Waals surface area contributed by atoms with Gasteiger partial charge >= 0.3 is 5.97 Å². The Balaban J connectivity index is 1.88. The molecule has 31 heavy (non-hydrogen) atoms. The van der Waals surface area contributed by atoms with Crippen LogP contribution in [0.15, 0.2) is 103 Å². The van der Waals surface area contributed by atoms with Crippen LogP contribution < -0.4 is 0 Å². The van der Waals surface area contributed by atoms with Crippen LogP contribution in [-0.2, 0) is 22.7 Å². The predicted octanol–water partition coefficient (Wildman–Crippen LogP) is 5.88. The maximum atomic E-state index is 12.1. The summed E-state index contributed by atoms with van der Waals surface area (Å²) in [6.07, 6.45) is 0. The molecule has 1 aromatic heterocycles. The van der Waals surface area contributed by atoms with Gasteiger partial charge in [-0.05, 0) is 12.5 Å². The lowest BCUT2D eigenvalue weighted by atomic mass is 10.0. The minimum absolute atomic E-state index is 0.0746. The van der Waals surface area contributed by atoms with Gasteiger partial charge in [0.15, 0.2) is 0 Å². The van der Waals surface area contributed by atoms with Crippen LogP contribution in [0, 0.1) is 0 Å². The van der Waals surface area contributed by atoms with Crippen molar-refractivity contribution in [1.82, 2.24) is 9.55 Å². The van der Waals surface area contributed by atoms with Gasteiger partial charge in [-0.2, -0.15) is 0 Å². The summed E-state index contributed by atoms with van der Waals surface area (Å²) in [5.74, 6) is 0.271. The predicted molar refractivity (Wildman–Crippen MR) is 123 cm³/mol. The van der Waals surface area contributed by atoms with Crippen molar-refractivity contribution in [3.63, 3.8) is 0 Å². The number of benzene rings is 3. The Hall–Kier alpha value is -3.92. The molecule has 0 radical (unpaired) electrons. The third-order valence-corrected chi connectivity index (χ3v) is 5.01. The monoisotopic (exact) mass is 408 g/mol. The Morgan fingerprint density at radius 2 is 1.42 bits per heavy atom. The van der Waals surface area contributed by atoms with Crippen molar-refractivity contribution in [2.24, 2.45) is 0 Å². The van der Waals surface area contributed by atoms with Crippen LogP contribution in [0.25, 0.3) is 22.5 Å². The van der Waals surface area contributed by atoms with Crippen LogP contribution in [0.2, 0.25) is 0 Å². The van der Waals surface area contributed by atoms with E-state index < -0.39 is 5.97 Å². The van der Waals surface area contributed by atoms with Crippen molar-refractivity contribution in [2.75, 3.05) is 0 Å². The van der Waals surface area contributed by atoms with E-state index >= 15 is 0 Å². The third kappa shape index (κ3) is 4.64. The molecule has 0 saturated carbocycles. The van der Waals surface area contributed by atoms with Gasteiger partial charge in [0.25, 0.3) is 0 Å². The zero-order valence-electron chi connectivity index (χ0n) is 17.5. The second-order valence-electron chi connectivity index (χ2n) is 7.39. The van der Waals surface area contributed by atoms with Crippen molar-refractivity contribution in [1.29, 1.82) is 0 Å². The van der Waals surface area contributed by atoms with E-state index in [0.29, 0.717) is 17.9 Å². The van der Waals surface area contributed by atoms with Crippen LogP contribution in [0.3, 0.4) is 0 Å². The fourth-order valence-electron chi connectivity index (χ4n) is 3.48. The first kappa shape index (κ1) is 20.4. The molecule has 4 heteroatoms. The van der Waals surface area contributed by atoms with E-state index in [1.54, 1.807) is 6.92 Å². The van der Waals surface area contributed by atoms with Gasteiger partial charge < -0.3 is 9.30 Å². The molecule has 3 aromatic carbocycles. The number of aromatic nitrogens is 2. The molecule has 0 atom stereocenters. The number of hydrogen-bond donors (Lipinski definition) is 0. The van der Waals surface area contributed by atoms with Gasteiger partial charge in [0.2, 0.25) is 0 Å². The fourth-order valence-corrected chi connectivity index (χ4v) is 3.48. The van der Waals surface area contributed by atoms with E-state index in [-0.39, 0.29) is 6.61 Å². The molecule has 0 fully saturated rings. The first-order valence-corrected chi connectivity index (χ1v) is 10.2. The Morgan fingerprint density at radius 3 is 2.00 bits per heavy atom. The van der Waals surface area contributed by atoms with E-state index in [4.69, 9.17) is 9.72 Å². The summed E-state index contributed by atoms with van der Waals surface area (Å²) in [7, 11) is 0. The van der Waals surface area contributed by atoms with E-state index in [1.165, 1.54) is 0 Å². The Labute approximate surface area is 182 Å². The molecule has 0 saturated heterocycles. The summed E-state index contributed by atoms with van der Waals surface area (Å²) in [5, 5.41) is 0. The highest BCUT2D eigenvalue weighted by atomic mass is 16.5. The standard InChI is InChI=1S/C27H24N2O2/c1-20(2)27(30)31-19-24-28-25(22-14-8-4-9-15-22)26(23-16-10-5-11-17-23)29(24)18-21-12-6-3-7-13-21/h3-17H,1,18-19H2,2H3. The molecule has 4 aromatic rings. The summed E-state index contributed by atoms with van der Waals surface area (Å²) in [6, 6.07) is 30.5. The molecule has 0 N–H and O–H groups in total. The summed E-state index contributed by atoms with van der Waals surface area (Å²) < 4.78 is 7.62. The van der Waals surface area contributed by atoms with Gasteiger partial charge in [-0.25, -0.2) is 9.78 Å². The van der Waals surface area contributed by atoms with Gasteiger partial charge in [-0.1, -0.05) is 97.6 Å². The minimum atomic E-state index is -0.420. The summed E-state index contributed by atoms with van der Waals surface area (Å²) >= 11 is 0. The molecule has 0 aliphatic heterocycles. The molecular formula is C27H24N2O2. The van der Waals surface area contributed by atoms with Gasteiger partial charge in [0.1, 0.15) is 12.4 Å². The SMILES string of the molecule is C=C(C)C(=O)OCc1nc(-c2ccccc2)c(-c2ccccc2)n1Cc1ccccc1. The first-order valence-electron chi connectivity index (χ1n) is 10.2. The number of rotatable bonds is 7. The van der Waals surface area contributed by atoms with Crippen molar-refractivity contribution in [3.8, 4) is 22.5 Å². The van der Waals surface area contributed by atoms with Crippen LogP contribution in [0.5, 0.6) is 0 Å². The third-order valence-electron chi connectivity index (χ3n) is 5.01. The van der Waals surface area contributed by atoms with Crippen molar-refractivity contribution >= 4 is 5.97 Å². The topological polar surface area (TPSA) is 44.1 Å². The zero-order valence-corrected chi connectivity index (χ0v) is 17.5. The number of esters is 1. The molecular weight excluding hydrogens is 384 g/mol. The highest BCUT2D eigenvalue weighted by molar-refractivity contribution is 5.87. The quantitative estimate of drug-likeness (QED) is 0.283. The zero-order chi connectivity index (χ0) is 21.6. The highest BCUT2D eigenvalue weighted by Gasteiger charge is 2.21. The number of imidazole rings is 1. The number of nitrogens with zero attached hydrogens (tertiary/aromatic N) is 2. The Morgan fingerprint density at radius 1 is 0.871 bits per heavy atom. The fraction of sp³-hybridized carbons (Fsp3) is 0.111. The lowest BCUT2D eigenvalue weighted by molar-refractivity contribution is -0.140. The number of carbonyl (C=O) groups excluding carboxylic acids is 1. The largest absolute Gasteiger partial charge is 0.454 e. The van der Waals surface area contributed by atoms with Gasteiger partial charge in [0.05, 0.1) is 11.4 Å². The summed E-state index contributed by atoms with van der Waals surface area (Å²) in [6.45, 7) is 6.01. The van der Waals surface area contributed by atoms with Gasteiger partial charge in [0, 0.05) is 23.2 Å². The minimum Gasteiger partial charge on any atom is -0.454 e. The molecule has 0 bridgehead atoms. The highest BCUT2D eigenvalue weighted by Crippen LogP contribution is 2.33. The second kappa shape index (κ2) is 9.26. The smallest absolute Gasteiger partial charge is 0.333 e. The molecule has 0 aliphatic carbocycles. The molecule has 4 nitrogen and oxygen atoms in total. The molecule has 0 aliphatic rings. The average Bonchev–Trinajstić information content (AvgIpc) is 3.17. The van der Waals surface area contributed by atoms with Gasteiger partial charge in [-0.3, -0.25) is 0 Å². The lowest BCUT2D eigenvalue weighted by Gasteiger charge is -2.14. The Bertz CT molecular complexity index is 1180.